The Morgan fingerprint density at radius 2 is 1.76 bits per heavy atom. The van der Waals surface area contributed by atoms with E-state index in [1.807, 2.05) is 19.1 Å². The number of rotatable bonds is 2. The second-order valence-electron chi connectivity index (χ2n) is 5.30. The maximum atomic E-state index is 12.8. The van der Waals surface area contributed by atoms with Gasteiger partial charge in [0, 0.05) is 29.0 Å². The second-order valence-corrected chi connectivity index (χ2v) is 8.10. The summed E-state index contributed by atoms with van der Waals surface area (Å²) in [7, 11) is -3.46. The third-order valence-corrected chi connectivity index (χ3v) is 6.57. The van der Waals surface area contributed by atoms with Crippen molar-refractivity contribution in [3.05, 3.63) is 52.3 Å². The quantitative estimate of drug-likeness (QED) is 0.815. The third-order valence-electron chi connectivity index (χ3n) is 4.06. The fourth-order valence-electron chi connectivity index (χ4n) is 2.87. The number of fused-ring (bicyclic) bond motifs is 1. The van der Waals surface area contributed by atoms with E-state index in [2.05, 4.69) is 27.4 Å². The minimum Gasteiger partial charge on any atom is -0.346 e. The summed E-state index contributed by atoms with van der Waals surface area (Å²) in [6, 6.07) is 10.7. The Balaban J connectivity index is 1.99. The van der Waals surface area contributed by atoms with Crippen LogP contribution >= 0.6 is 15.9 Å². The topological polar surface area (TPSA) is 42.3 Å². The molecule has 1 aromatic heterocycles. The molecule has 0 spiro atoms. The minimum absolute atomic E-state index is 0.152. The largest absolute Gasteiger partial charge is 0.346 e. The fourth-order valence-corrected chi connectivity index (χ4v) is 4.73. The zero-order valence-corrected chi connectivity index (χ0v) is 14.4. The van der Waals surface area contributed by atoms with Crippen molar-refractivity contribution < 1.29 is 8.42 Å². The van der Waals surface area contributed by atoms with E-state index in [1.165, 1.54) is 5.69 Å². The summed E-state index contributed by atoms with van der Waals surface area (Å²) >= 11 is 3.33. The molecule has 1 aliphatic rings. The molecule has 6 heteroatoms. The fraction of sp³-hybridized carbons (Fsp3) is 0.333. The van der Waals surface area contributed by atoms with Crippen LogP contribution in [-0.4, -0.2) is 23.8 Å². The van der Waals surface area contributed by atoms with Crippen LogP contribution in [0.2, 0.25) is 0 Å². The monoisotopic (exact) mass is 368 g/mol. The van der Waals surface area contributed by atoms with E-state index >= 15 is 0 Å². The molecule has 0 saturated carbocycles. The molecule has 0 saturated heterocycles. The zero-order valence-electron chi connectivity index (χ0n) is 12.0. The van der Waals surface area contributed by atoms with E-state index in [1.54, 1.807) is 28.6 Å². The third kappa shape index (κ3) is 2.45. The highest BCUT2D eigenvalue weighted by Gasteiger charge is 2.34. The van der Waals surface area contributed by atoms with Crippen LogP contribution < -0.4 is 0 Å². The Kier molecular flexibility index (Phi) is 3.71. The standard InChI is InChI=1S/C15H17BrN2O2S/c1-11-3-8-15-12(2)18(10-9-17(11)15)21(19,20)14-6-4-13(16)5-7-14/h3-8,12H,9-10H2,1-2H3/t12-/m0/s1. The lowest BCUT2D eigenvalue weighted by Crippen LogP contribution is -2.40. The van der Waals surface area contributed by atoms with Crippen LogP contribution in [0.4, 0.5) is 0 Å². The molecule has 0 N–H and O–H groups in total. The van der Waals surface area contributed by atoms with Crippen molar-refractivity contribution in [1.29, 1.82) is 0 Å². The van der Waals surface area contributed by atoms with Crippen LogP contribution in [0.15, 0.2) is 45.8 Å². The summed E-state index contributed by atoms with van der Waals surface area (Å²) in [4.78, 5) is 0.342. The number of sulfonamides is 1. The molecular formula is C15H17BrN2O2S. The van der Waals surface area contributed by atoms with Gasteiger partial charge in [0.2, 0.25) is 10.0 Å². The molecule has 3 rings (SSSR count). The van der Waals surface area contributed by atoms with E-state index in [9.17, 15) is 8.42 Å². The smallest absolute Gasteiger partial charge is 0.243 e. The molecule has 2 aromatic rings. The highest BCUT2D eigenvalue weighted by molar-refractivity contribution is 9.10. The van der Waals surface area contributed by atoms with Crippen LogP contribution in [0.5, 0.6) is 0 Å². The van der Waals surface area contributed by atoms with Crippen LogP contribution in [0.25, 0.3) is 0 Å². The summed E-state index contributed by atoms with van der Waals surface area (Å²) < 4.78 is 30.3. The van der Waals surface area contributed by atoms with Crippen molar-refractivity contribution in [2.24, 2.45) is 0 Å². The average Bonchev–Trinajstić information content (AvgIpc) is 2.82. The van der Waals surface area contributed by atoms with Gasteiger partial charge in [-0.15, -0.1) is 0 Å². The van der Waals surface area contributed by atoms with Gasteiger partial charge >= 0.3 is 0 Å². The van der Waals surface area contributed by atoms with Crippen molar-refractivity contribution in [3.8, 4) is 0 Å². The Labute approximate surface area is 133 Å². The van der Waals surface area contributed by atoms with Crippen molar-refractivity contribution in [1.82, 2.24) is 8.87 Å². The van der Waals surface area contributed by atoms with E-state index in [0.717, 1.165) is 10.2 Å². The summed E-state index contributed by atoms with van der Waals surface area (Å²) in [5.41, 5.74) is 2.23. The summed E-state index contributed by atoms with van der Waals surface area (Å²) in [6.45, 7) is 5.20. The van der Waals surface area contributed by atoms with Gasteiger partial charge in [0.25, 0.3) is 0 Å². The maximum absolute atomic E-state index is 12.8. The predicted molar refractivity (Wildman–Crippen MR) is 85.6 cm³/mol. The minimum atomic E-state index is -3.46. The van der Waals surface area contributed by atoms with E-state index in [-0.39, 0.29) is 6.04 Å². The Morgan fingerprint density at radius 1 is 1.10 bits per heavy atom. The molecule has 0 amide bonds. The van der Waals surface area contributed by atoms with Gasteiger partial charge in [-0.05, 0) is 50.2 Å². The van der Waals surface area contributed by atoms with Crippen LogP contribution in [0, 0.1) is 6.92 Å². The number of aromatic nitrogens is 1. The average molecular weight is 369 g/mol. The lowest BCUT2D eigenvalue weighted by atomic mass is 10.2. The highest BCUT2D eigenvalue weighted by atomic mass is 79.9. The van der Waals surface area contributed by atoms with Crippen LogP contribution in [-0.2, 0) is 16.6 Å². The number of benzene rings is 1. The molecule has 0 radical (unpaired) electrons. The molecule has 112 valence electrons. The lowest BCUT2D eigenvalue weighted by Gasteiger charge is -2.34. The van der Waals surface area contributed by atoms with Crippen LogP contribution in [0.3, 0.4) is 0 Å². The molecule has 4 nitrogen and oxygen atoms in total. The number of halogens is 1. The van der Waals surface area contributed by atoms with Gasteiger partial charge in [0.15, 0.2) is 0 Å². The number of aryl methyl sites for hydroxylation is 1. The number of hydrogen-bond acceptors (Lipinski definition) is 2. The molecule has 2 heterocycles. The first-order valence-electron chi connectivity index (χ1n) is 6.84. The van der Waals surface area contributed by atoms with Gasteiger partial charge < -0.3 is 4.57 Å². The van der Waals surface area contributed by atoms with Gasteiger partial charge in [0.1, 0.15) is 0 Å². The van der Waals surface area contributed by atoms with E-state index < -0.39 is 10.0 Å². The van der Waals surface area contributed by atoms with Gasteiger partial charge in [-0.25, -0.2) is 8.42 Å². The zero-order chi connectivity index (χ0) is 15.2. The first kappa shape index (κ1) is 14.8. The molecule has 1 aliphatic heterocycles. The summed E-state index contributed by atoms with van der Waals surface area (Å²) in [5, 5.41) is 0. The summed E-state index contributed by atoms with van der Waals surface area (Å²) in [5.74, 6) is 0. The first-order chi connectivity index (χ1) is 9.91. The first-order valence-corrected chi connectivity index (χ1v) is 9.08. The molecule has 0 aliphatic carbocycles. The SMILES string of the molecule is Cc1ccc2n1CCN(S(=O)(=O)c1ccc(Br)cc1)[C@H]2C. The Morgan fingerprint density at radius 3 is 2.43 bits per heavy atom. The maximum Gasteiger partial charge on any atom is 0.243 e. The molecule has 0 unspecified atom stereocenters. The van der Waals surface area contributed by atoms with Crippen molar-refractivity contribution >= 4 is 26.0 Å². The molecule has 21 heavy (non-hydrogen) atoms. The van der Waals surface area contributed by atoms with Gasteiger partial charge in [-0.2, -0.15) is 4.31 Å². The summed E-state index contributed by atoms with van der Waals surface area (Å²) in [6.07, 6.45) is 0. The second kappa shape index (κ2) is 5.26. The Bertz CT molecular complexity index is 765. The van der Waals surface area contributed by atoms with Crippen LogP contribution in [0.1, 0.15) is 24.4 Å². The van der Waals surface area contributed by atoms with E-state index in [4.69, 9.17) is 0 Å². The molecule has 1 atom stereocenters. The normalized spacial score (nSPS) is 19.5. The van der Waals surface area contributed by atoms with Crippen molar-refractivity contribution in [2.45, 2.75) is 31.3 Å². The van der Waals surface area contributed by atoms with Gasteiger partial charge in [0.05, 0.1) is 10.9 Å². The van der Waals surface area contributed by atoms with E-state index in [0.29, 0.717) is 18.0 Å². The van der Waals surface area contributed by atoms with Crippen molar-refractivity contribution in [3.63, 3.8) is 0 Å². The Hall–Kier alpha value is -1.11. The predicted octanol–water partition coefficient (Wildman–Crippen LogP) is 3.32. The molecule has 0 bridgehead atoms. The molecule has 1 aromatic carbocycles. The number of nitrogens with zero attached hydrogens (tertiary/aromatic N) is 2. The van der Waals surface area contributed by atoms with Crippen molar-refractivity contribution in [2.75, 3.05) is 6.54 Å². The highest BCUT2D eigenvalue weighted by Crippen LogP contribution is 2.32. The molecular weight excluding hydrogens is 352 g/mol. The lowest BCUT2D eigenvalue weighted by molar-refractivity contribution is 0.280. The van der Waals surface area contributed by atoms with Gasteiger partial charge in [-0.3, -0.25) is 0 Å². The number of hydrogen-bond donors (Lipinski definition) is 0. The van der Waals surface area contributed by atoms with Gasteiger partial charge in [-0.1, -0.05) is 15.9 Å². The molecule has 0 fully saturated rings.